The lowest BCUT2D eigenvalue weighted by molar-refractivity contribution is 0.0986. The highest BCUT2D eigenvalue weighted by molar-refractivity contribution is 7.09. The van der Waals surface area contributed by atoms with Crippen LogP contribution in [0.25, 0.3) is 22.6 Å². The number of nitrogens with zero attached hydrogens (tertiary/aromatic N) is 4. The van der Waals surface area contributed by atoms with Gasteiger partial charge in [0.25, 0.3) is 11.6 Å². The lowest BCUT2D eigenvalue weighted by Crippen LogP contribution is -2.31. The van der Waals surface area contributed by atoms with Gasteiger partial charge in [0, 0.05) is 11.1 Å². The highest BCUT2D eigenvalue weighted by atomic mass is 32.1. The molecule has 9 heteroatoms. The van der Waals surface area contributed by atoms with E-state index in [0.29, 0.717) is 33.8 Å². The number of hydrogen-bond donors (Lipinski definition) is 0. The van der Waals surface area contributed by atoms with Gasteiger partial charge in [-0.15, -0.1) is 11.3 Å². The van der Waals surface area contributed by atoms with E-state index >= 15 is 0 Å². The minimum absolute atomic E-state index is 0.221. The van der Waals surface area contributed by atoms with Crippen LogP contribution in [0.5, 0.6) is 0 Å². The number of anilines is 1. The third kappa shape index (κ3) is 3.67. The molecule has 7 nitrogen and oxygen atoms in total. The van der Waals surface area contributed by atoms with Gasteiger partial charge in [-0.05, 0) is 56.3 Å². The number of furan rings is 1. The predicted molar refractivity (Wildman–Crippen MR) is 118 cm³/mol. The minimum atomic E-state index is -0.382. The van der Waals surface area contributed by atoms with Crippen molar-refractivity contribution in [2.75, 3.05) is 4.90 Å². The molecular weight excluding hydrogens is 431 g/mol. The van der Waals surface area contributed by atoms with E-state index in [1.54, 1.807) is 42.2 Å². The molecule has 4 aromatic heterocycles. The Labute approximate surface area is 186 Å². The molecule has 5 rings (SSSR count). The highest BCUT2D eigenvalue weighted by Crippen LogP contribution is 2.30. The first-order valence-electron chi connectivity index (χ1n) is 9.79. The Balaban J connectivity index is 1.65. The SMILES string of the molecule is Cc1nc(CN(C(=O)c2cc(-c3ccco3)nc3onc(C)c23)c2ccc(F)cc2)cs1. The molecule has 32 heavy (non-hydrogen) atoms. The van der Waals surface area contributed by atoms with Gasteiger partial charge in [0.05, 0.1) is 40.2 Å². The van der Waals surface area contributed by atoms with Crippen LogP contribution in [-0.2, 0) is 6.54 Å². The number of halogens is 1. The van der Waals surface area contributed by atoms with E-state index in [9.17, 15) is 9.18 Å². The van der Waals surface area contributed by atoms with Crippen molar-refractivity contribution in [3.63, 3.8) is 0 Å². The highest BCUT2D eigenvalue weighted by Gasteiger charge is 2.26. The van der Waals surface area contributed by atoms with E-state index in [2.05, 4.69) is 15.1 Å². The summed E-state index contributed by atoms with van der Waals surface area (Å²) in [7, 11) is 0. The standard InChI is InChI=1S/C23H17FN4O3S/c1-13-21-18(10-19(20-4-3-9-30-20)26-22(21)31-27-13)23(29)28(11-16-12-32-14(2)25-16)17-7-5-15(24)6-8-17/h3-10,12H,11H2,1-2H3. The Kier molecular flexibility index (Phi) is 5.02. The van der Waals surface area contributed by atoms with Crippen molar-refractivity contribution in [2.24, 2.45) is 0 Å². The number of pyridine rings is 1. The molecule has 0 aliphatic heterocycles. The second-order valence-electron chi connectivity index (χ2n) is 7.21. The molecule has 4 heterocycles. The van der Waals surface area contributed by atoms with Crippen molar-refractivity contribution in [2.45, 2.75) is 20.4 Å². The number of carbonyl (C=O) groups excluding carboxylic acids is 1. The van der Waals surface area contributed by atoms with Gasteiger partial charge in [0.15, 0.2) is 5.76 Å². The molecule has 0 unspecified atom stereocenters. The van der Waals surface area contributed by atoms with Crippen LogP contribution in [0.1, 0.15) is 26.8 Å². The van der Waals surface area contributed by atoms with Gasteiger partial charge in [-0.25, -0.2) is 14.4 Å². The number of rotatable bonds is 5. The van der Waals surface area contributed by atoms with E-state index < -0.39 is 0 Å². The zero-order valence-corrected chi connectivity index (χ0v) is 18.0. The number of hydrogen-bond acceptors (Lipinski definition) is 7. The molecule has 0 saturated carbocycles. The van der Waals surface area contributed by atoms with Gasteiger partial charge in [-0.1, -0.05) is 5.16 Å². The fourth-order valence-electron chi connectivity index (χ4n) is 3.50. The maximum atomic E-state index is 13.9. The van der Waals surface area contributed by atoms with E-state index in [1.807, 2.05) is 12.3 Å². The summed E-state index contributed by atoms with van der Waals surface area (Å²) in [5.41, 5.74) is 2.88. The second kappa shape index (κ2) is 8.01. The van der Waals surface area contributed by atoms with Crippen molar-refractivity contribution >= 4 is 34.0 Å². The summed E-state index contributed by atoms with van der Waals surface area (Å²) in [6, 6.07) is 10.9. The monoisotopic (exact) mass is 448 g/mol. The van der Waals surface area contributed by atoms with E-state index in [4.69, 9.17) is 8.94 Å². The maximum Gasteiger partial charge on any atom is 0.259 e. The van der Waals surface area contributed by atoms with Crippen LogP contribution in [-0.4, -0.2) is 21.0 Å². The second-order valence-corrected chi connectivity index (χ2v) is 8.27. The molecule has 0 saturated heterocycles. The average Bonchev–Trinajstić information content (AvgIpc) is 3.54. The average molecular weight is 448 g/mol. The van der Waals surface area contributed by atoms with Crippen molar-refractivity contribution < 1.29 is 18.1 Å². The van der Waals surface area contributed by atoms with E-state index in [0.717, 1.165) is 10.7 Å². The van der Waals surface area contributed by atoms with Gasteiger partial charge in [0.1, 0.15) is 11.5 Å². The minimum Gasteiger partial charge on any atom is -0.463 e. The van der Waals surface area contributed by atoms with E-state index in [-0.39, 0.29) is 24.0 Å². The van der Waals surface area contributed by atoms with Crippen molar-refractivity contribution in [3.8, 4) is 11.5 Å². The van der Waals surface area contributed by atoms with Crippen molar-refractivity contribution in [1.82, 2.24) is 15.1 Å². The quantitative estimate of drug-likeness (QED) is 0.351. The molecular formula is C23H17FN4O3S. The molecule has 0 bridgehead atoms. The third-order valence-corrected chi connectivity index (χ3v) is 5.81. The number of carbonyl (C=O) groups is 1. The van der Waals surface area contributed by atoms with Crippen LogP contribution in [0.4, 0.5) is 10.1 Å². The molecule has 5 aromatic rings. The molecule has 0 aliphatic carbocycles. The van der Waals surface area contributed by atoms with Crippen LogP contribution in [0, 0.1) is 19.7 Å². The summed E-state index contributed by atoms with van der Waals surface area (Å²) >= 11 is 1.50. The zero-order chi connectivity index (χ0) is 22.2. The molecule has 1 aromatic carbocycles. The lowest BCUT2D eigenvalue weighted by Gasteiger charge is -2.22. The van der Waals surface area contributed by atoms with Gasteiger partial charge in [-0.2, -0.15) is 0 Å². The fourth-order valence-corrected chi connectivity index (χ4v) is 4.11. The number of fused-ring (bicyclic) bond motifs is 1. The first-order valence-corrected chi connectivity index (χ1v) is 10.7. The third-order valence-electron chi connectivity index (χ3n) is 4.99. The smallest absolute Gasteiger partial charge is 0.259 e. The molecule has 160 valence electrons. The summed E-state index contributed by atoms with van der Waals surface area (Å²) in [6.45, 7) is 3.88. The summed E-state index contributed by atoms with van der Waals surface area (Å²) in [6.07, 6.45) is 1.53. The topological polar surface area (TPSA) is 85.3 Å². The summed E-state index contributed by atoms with van der Waals surface area (Å²) in [5, 5.41) is 7.31. The number of amides is 1. The van der Waals surface area contributed by atoms with Gasteiger partial charge in [0.2, 0.25) is 0 Å². The zero-order valence-electron chi connectivity index (χ0n) is 17.2. The van der Waals surface area contributed by atoms with Crippen LogP contribution < -0.4 is 4.90 Å². The van der Waals surface area contributed by atoms with Crippen molar-refractivity contribution in [1.29, 1.82) is 0 Å². The van der Waals surface area contributed by atoms with Gasteiger partial charge in [-0.3, -0.25) is 4.79 Å². The number of thiazole rings is 1. The molecule has 0 spiro atoms. The van der Waals surface area contributed by atoms with Crippen LogP contribution in [0.15, 0.2) is 63.0 Å². The summed E-state index contributed by atoms with van der Waals surface area (Å²) in [4.78, 5) is 24.4. The lowest BCUT2D eigenvalue weighted by atomic mass is 10.1. The summed E-state index contributed by atoms with van der Waals surface area (Å²) < 4.78 is 24.4. The Morgan fingerprint density at radius 2 is 1.97 bits per heavy atom. The fraction of sp³-hybridized carbons (Fsp3) is 0.130. The Hall–Kier alpha value is -3.85. The van der Waals surface area contributed by atoms with Gasteiger partial charge < -0.3 is 13.8 Å². The van der Waals surface area contributed by atoms with E-state index in [1.165, 1.54) is 29.7 Å². The van der Waals surface area contributed by atoms with Crippen LogP contribution in [0.3, 0.4) is 0 Å². The molecule has 0 N–H and O–H groups in total. The predicted octanol–water partition coefficient (Wildman–Crippen LogP) is 5.54. The number of aromatic nitrogens is 3. The largest absolute Gasteiger partial charge is 0.463 e. The Morgan fingerprint density at radius 3 is 2.66 bits per heavy atom. The molecule has 0 radical (unpaired) electrons. The van der Waals surface area contributed by atoms with Crippen molar-refractivity contribution in [3.05, 3.63) is 81.9 Å². The number of aryl methyl sites for hydroxylation is 2. The number of benzene rings is 1. The first-order chi connectivity index (χ1) is 15.5. The summed E-state index contributed by atoms with van der Waals surface area (Å²) in [5.74, 6) is -0.195. The Bertz CT molecular complexity index is 1410. The van der Waals surface area contributed by atoms with Crippen LogP contribution in [0.2, 0.25) is 0 Å². The first kappa shape index (κ1) is 20.1. The molecule has 0 atom stereocenters. The molecule has 1 amide bonds. The normalized spacial score (nSPS) is 11.2. The molecule has 0 aliphatic rings. The van der Waals surface area contributed by atoms with Crippen LogP contribution >= 0.6 is 11.3 Å². The molecule has 0 fully saturated rings. The Morgan fingerprint density at radius 1 is 1.16 bits per heavy atom. The maximum absolute atomic E-state index is 13.9. The van der Waals surface area contributed by atoms with Gasteiger partial charge >= 0.3 is 0 Å².